The van der Waals surface area contributed by atoms with E-state index >= 15 is 0 Å². The van der Waals surface area contributed by atoms with Crippen LogP contribution in [0.2, 0.25) is 0 Å². The van der Waals surface area contributed by atoms with Gasteiger partial charge in [0.2, 0.25) is 0 Å². The molecule has 0 aromatic heterocycles. The highest BCUT2D eigenvalue weighted by Crippen LogP contribution is 2.08. The van der Waals surface area contributed by atoms with Crippen molar-refractivity contribution >= 4 is 0 Å². The van der Waals surface area contributed by atoms with Crippen LogP contribution in [0.1, 0.15) is 40.5 Å². The van der Waals surface area contributed by atoms with Gasteiger partial charge in [-0.15, -0.1) is 0 Å². The summed E-state index contributed by atoms with van der Waals surface area (Å²) in [6.45, 7) is 8.03. The predicted molar refractivity (Wildman–Crippen MR) is 57.7 cm³/mol. The lowest BCUT2D eigenvalue weighted by molar-refractivity contribution is 0.875. The number of rotatable bonds is 5. The molecule has 0 N–H and O–H groups in total. The van der Waals surface area contributed by atoms with Crippen LogP contribution in [-0.4, -0.2) is 6.04 Å². The average Bonchev–Trinajstić information content (AvgIpc) is 2.03. The summed E-state index contributed by atoms with van der Waals surface area (Å²) in [6.07, 6.45) is 6.20. The fourth-order valence-electron chi connectivity index (χ4n) is 1.11. The highest BCUT2D eigenvalue weighted by Gasteiger charge is 1.95. The van der Waals surface area contributed by atoms with E-state index in [1.807, 2.05) is 13.0 Å². The number of nitroso groups, excluding NO2 is 1. The van der Waals surface area contributed by atoms with E-state index in [9.17, 15) is 4.91 Å². The Hall–Kier alpha value is -0.920. The first-order chi connectivity index (χ1) is 6.06. The predicted octanol–water partition coefficient (Wildman–Crippen LogP) is 3.83. The molecular formula is C11H19NO. The van der Waals surface area contributed by atoms with Gasteiger partial charge in [-0.3, -0.25) is 0 Å². The minimum absolute atomic E-state index is 0.188. The molecule has 0 aliphatic carbocycles. The maximum absolute atomic E-state index is 10.1. The van der Waals surface area contributed by atoms with Crippen LogP contribution >= 0.6 is 0 Å². The van der Waals surface area contributed by atoms with Crippen molar-refractivity contribution in [3.63, 3.8) is 0 Å². The molecule has 0 fully saturated rings. The Morgan fingerprint density at radius 2 is 2.00 bits per heavy atom. The first-order valence-corrected chi connectivity index (χ1v) is 4.69. The van der Waals surface area contributed by atoms with Crippen molar-refractivity contribution < 1.29 is 0 Å². The van der Waals surface area contributed by atoms with Gasteiger partial charge in [0.25, 0.3) is 0 Å². The molecule has 0 saturated carbocycles. The molecule has 0 spiro atoms. The lowest BCUT2D eigenvalue weighted by Gasteiger charge is -1.99. The molecule has 0 heterocycles. The minimum atomic E-state index is -0.188. The number of allylic oxidation sites excluding steroid dienone is 3. The third-order valence-corrected chi connectivity index (χ3v) is 1.78. The molecule has 0 aromatic carbocycles. The molecule has 0 saturated heterocycles. The van der Waals surface area contributed by atoms with Crippen molar-refractivity contribution in [3.8, 4) is 0 Å². The fraction of sp³-hybridized carbons (Fsp3) is 0.636. The second-order valence-electron chi connectivity index (χ2n) is 3.68. The van der Waals surface area contributed by atoms with Crippen molar-refractivity contribution in [1.82, 2.24) is 0 Å². The summed E-state index contributed by atoms with van der Waals surface area (Å²) < 4.78 is 0. The molecule has 2 nitrogen and oxygen atoms in total. The van der Waals surface area contributed by atoms with E-state index in [0.717, 1.165) is 12.8 Å². The van der Waals surface area contributed by atoms with Crippen LogP contribution in [0.4, 0.5) is 0 Å². The van der Waals surface area contributed by atoms with Crippen molar-refractivity contribution in [2.24, 2.45) is 5.18 Å². The summed E-state index contributed by atoms with van der Waals surface area (Å²) in [5.74, 6) is 0. The van der Waals surface area contributed by atoms with E-state index < -0.39 is 0 Å². The van der Waals surface area contributed by atoms with Gasteiger partial charge in [-0.1, -0.05) is 28.5 Å². The van der Waals surface area contributed by atoms with Crippen molar-refractivity contribution in [3.05, 3.63) is 28.2 Å². The van der Waals surface area contributed by atoms with Gasteiger partial charge in [-0.25, -0.2) is 0 Å². The molecule has 2 heteroatoms. The number of hydrogen-bond donors (Lipinski definition) is 0. The Morgan fingerprint density at radius 3 is 2.46 bits per heavy atom. The van der Waals surface area contributed by atoms with Crippen molar-refractivity contribution in [2.75, 3.05) is 0 Å². The molecule has 0 aliphatic heterocycles. The first kappa shape index (κ1) is 12.1. The minimum Gasteiger partial charge on any atom is -0.150 e. The molecule has 0 aromatic rings. The van der Waals surface area contributed by atoms with Crippen LogP contribution in [0.5, 0.6) is 0 Å². The molecule has 0 rings (SSSR count). The Balaban J connectivity index is 3.86. The van der Waals surface area contributed by atoms with Crippen LogP contribution in [0, 0.1) is 4.91 Å². The van der Waals surface area contributed by atoms with Gasteiger partial charge in [0.05, 0.1) is 0 Å². The standard InChI is InChI=1S/C11H19NO/c1-9(2)6-5-7-10(3)8-11(4)12-13/h6,8,11H,5,7H2,1-4H3/b10-8+. The summed E-state index contributed by atoms with van der Waals surface area (Å²) in [7, 11) is 0. The third kappa shape index (κ3) is 7.44. The Labute approximate surface area is 80.7 Å². The smallest absolute Gasteiger partial charge is 0.107 e. The highest BCUT2D eigenvalue weighted by molar-refractivity contribution is 5.05. The van der Waals surface area contributed by atoms with Crippen LogP contribution < -0.4 is 0 Å². The molecule has 1 atom stereocenters. The van der Waals surface area contributed by atoms with Gasteiger partial charge in [0.1, 0.15) is 6.04 Å². The van der Waals surface area contributed by atoms with E-state index in [-0.39, 0.29) is 6.04 Å². The van der Waals surface area contributed by atoms with E-state index in [0.29, 0.717) is 0 Å². The molecule has 74 valence electrons. The second-order valence-corrected chi connectivity index (χ2v) is 3.68. The SMILES string of the molecule is CC(C)=CCC/C(C)=C/C(C)N=O. The highest BCUT2D eigenvalue weighted by atomic mass is 16.3. The molecular weight excluding hydrogens is 162 g/mol. The number of hydrogen-bond acceptors (Lipinski definition) is 2. The summed E-state index contributed by atoms with van der Waals surface area (Å²) in [5, 5.41) is 2.93. The summed E-state index contributed by atoms with van der Waals surface area (Å²) >= 11 is 0. The first-order valence-electron chi connectivity index (χ1n) is 4.69. The van der Waals surface area contributed by atoms with Crippen molar-refractivity contribution in [2.45, 2.75) is 46.6 Å². The summed E-state index contributed by atoms with van der Waals surface area (Å²) in [5.41, 5.74) is 2.58. The summed E-state index contributed by atoms with van der Waals surface area (Å²) in [4.78, 5) is 10.1. The van der Waals surface area contributed by atoms with E-state index in [2.05, 4.69) is 25.1 Å². The third-order valence-electron chi connectivity index (χ3n) is 1.78. The zero-order valence-corrected chi connectivity index (χ0v) is 9.00. The Kier molecular flexibility index (Phi) is 6.11. The Morgan fingerprint density at radius 1 is 1.38 bits per heavy atom. The van der Waals surface area contributed by atoms with Gasteiger partial charge >= 0.3 is 0 Å². The van der Waals surface area contributed by atoms with Crippen LogP contribution in [0.3, 0.4) is 0 Å². The van der Waals surface area contributed by atoms with E-state index in [1.165, 1.54) is 11.1 Å². The maximum Gasteiger partial charge on any atom is 0.107 e. The topological polar surface area (TPSA) is 29.4 Å². The maximum atomic E-state index is 10.1. The van der Waals surface area contributed by atoms with Gasteiger partial charge in [-0.2, -0.15) is 4.91 Å². The lowest BCUT2D eigenvalue weighted by atomic mass is 10.1. The zero-order valence-electron chi connectivity index (χ0n) is 9.00. The van der Waals surface area contributed by atoms with E-state index in [4.69, 9.17) is 0 Å². The van der Waals surface area contributed by atoms with Gasteiger partial charge in [0.15, 0.2) is 0 Å². The van der Waals surface area contributed by atoms with E-state index in [1.54, 1.807) is 6.92 Å². The largest absolute Gasteiger partial charge is 0.150 e. The average molecular weight is 181 g/mol. The summed E-state index contributed by atoms with van der Waals surface area (Å²) in [6, 6.07) is -0.188. The van der Waals surface area contributed by atoms with Gasteiger partial charge in [0, 0.05) is 0 Å². The van der Waals surface area contributed by atoms with Gasteiger partial charge in [-0.05, 0) is 40.5 Å². The second kappa shape index (κ2) is 6.58. The van der Waals surface area contributed by atoms with Crippen LogP contribution in [0.25, 0.3) is 0 Å². The van der Waals surface area contributed by atoms with Crippen LogP contribution in [0.15, 0.2) is 28.5 Å². The molecule has 0 radical (unpaired) electrons. The lowest BCUT2D eigenvalue weighted by Crippen LogP contribution is -1.91. The normalized spacial score (nSPS) is 13.7. The van der Waals surface area contributed by atoms with Gasteiger partial charge < -0.3 is 0 Å². The zero-order chi connectivity index (χ0) is 10.3. The quantitative estimate of drug-likeness (QED) is 0.468. The number of nitrogens with zero attached hydrogens (tertiary/aromatic N) is 1. The molecule has 1 unspecified atom stereocenters. The van der Waals surface area contributed by atoms with Crippen LogP contribution in [-0.2, 0) is 0 Å². The van der Waals surface area contributed by atoms with Crippen molar-refractivity contribution in [1.29, 1.82) is 0 Å². The Bertz CT molecular complexity index is 212. The molecule has 0 bridgehead atoms. The monoisotopic (exact) mass is 181 g/mol. The molecule has 0 aliphatic rings. The fourth-order valence-corrected chi connectivity index (χ4v) is 1.11. The molecule has 13 heavy (non-hydrogen) atoms. The molecule has 0 amide bonds.